The molecule has 3 N–H and O–H groups in total. The summed E-state index contributed by atoms with van der Waals surface area (Å²) in [7, 11) is 4.47. The number of esters is 2. The maximum atomic E-state index is 13.7. The number of nitrogens with zero attached hydrogens (tertiary/aromatic N) is 6. The smallest absolute Gasteiger partial charge is 0.338 e. The van der Waals surface area contributed by atoms with Crippen LogP contribution in [0.5, 0.6) is 11.5 Å². The highest BCUT2D eigenvalue weighted by atomic mass is 16.5. The van der Waals surface area contributed by atoms with Crippen molar-refractivity contribution in [1.82, 2.24) is 30.2 Å². The predicted molar refractivity (Wildman–Crippen MR) is 332 cm³/mol. The number of carbonyl (C=O) groups excluding carboxylic acids is 7. The maximum absolute atomic E-state index is 13.7. The van der Waals surface area contributed by atoms with E-state index in [1.807, 2.05) is 53.1 Å². The molecule has 5 heterocycles. The summed E-state index contributed by atoms with van der Waals surface area (Å²) in [5.41, 5.74) is 7.08. The Bertz CT molecular complexity index is 3330. The van der Waals surface area contributed by atoms with E-state index in [1.54, 1.807) is 36.2 Å². The van der Waals surface area contributed by atoms with Gasteiger partial charge in [-0.25, -0.2) is 14.4 Å². The minimum absolute atomic E-state index is 0.0100. The van der Waals surface area contributed by atoms with Gasteiger partial charge in [0.25, 0.3) is 11.8 Å². The molecule has 89 heavy (non-hydrogen) atoms. The number of nitrogens with one attached hydrogen (secondary N) is 2. The number of carbonyl (C=O) groups is 8. The van der Waals surface area contributed by atoms with Crippen LogP contribution in [0.15, 0.2) is 72.8 Å². The largest absolute Gasteiger partial charge is 0.494 e. The molecule has 4 aromatic carbocycles. The van der Waals surface area contributed by atoms with Gasteiger partial charge in [-0.15, -0.1) is 0 Å². The van der Waals surface area contributed by atoms with E-state index in [0.717, 1.165) is 111 Å². The molecule has 6 amide bonds. The number of benzene rings is 4. The van der Waals surface area contributed by atoms with E-state index in [-0.39, 0.29) is 70.6 Å². The zero-order valence-corrected chi connectivity index (χ0v) is 51.8. The second-order valence-electron chi connectivity index (χ2n) is 25.7. The second-order valence-corrected chi connectivity index (χ2v) is 25.7. The fourth-order valence-electron chi connectivity index (χ4n) is 14.1. The highest BCUT2D eigenvalue weighted by Crippen LogP contribution is 2.53. The second kappa shape index (κ2) is 27.0. The number of carboxylic acid groups (broad SMARTS) is 1. The molecule has 2 saturated carbocycles. The third-order valence-electron chi connectivity index (χ3n) is 19.6. The Morgan fingerprint density at radius 2 is 1.25 bits per heavy atom. The van der Waals surface area contributed by atoms with Crippen molar-refractivity contribution in [2.45, 2.75) is 109 Å². The van der Waals surface area contributed by atoms with Crippen molar-refractivity contribution in [3.8, 4) is 11.5 Å². The Balaban J connectivity index is 0.703. The van der Waals surface area contributed by atoms with Crippen molar-refractivity contribution >= 4 is 58.9 Å². The lowest BCUT2D eigenvalue weighted by Crippen LogP contribution is -2.41. The lowest BCUT2D eigenvalue weighted by atomic mass is 9.77. The molecule has 0 bridgehead atoms. The molecule has 0 radical (unpaired) electrons. The summed E-state index contributed by atoms with van der Waals surface area (Å²) in [6, 6.07) is 22.1. The van der Waals surface area contributed by atoms with Crippen molar-refractivity contribution in [1.29, 1.82) is 0 Å². The molecule has 7 aliphatic rings. The molecular formula is C68H84N8O13. The molecule has 21 nitrogen and oxygen atoms in total. The number of likely N-dealkylation sites (tertiary alicyclic amines) is 2. The van der Waals surface area contributed by atoms with Crippen LogP contribution in [0.3, 0.4) is 0 Å². The van der Waals surface area contributed by atoms with E-state index in [0.29, 0.717) is 125 Å². The standard InChI is InChI=1S/C68H84N8O13/c1-5-88-57-37-56(65(84)87-4)54(35-49(57)41-73-28-21-67(22-29-73)38-59(77)75(42-67)50-14-10-45(11-15-50)62(81)69-23-30-74-31-24-70-66(74)85)53-33-47(53)18-32-89-58-36-55(64(83)86-3)52(44-8-9-44)34-48(58)40-72-26-19-68(20-27-72)39-60(78)76(43-68)51-16-12-46(13-17-51)63(82)71(2)25-6-7-61(79)80/h10-17,34-37,44,47,53H,5-9,18-33,38-43H2,1-4H3,(H,69,81)(H,70,85)(H,79,80). The number of rotatable bonds is 25. The Hall–Kier alpha value is -8.04. The SMILES string of the molecule is CCOc1cc(C(=O)OC)c(C2CC2CCOc2cc(C(=O)OC)c(C3CC3)cc2CN2CCC3(CC2)CC(=O)N(c2ccc(C(=O)N(C)CCCC(=O)O)cc2)C3)cc1CN1CCC2(CC1)CC(=O)N(c1ccc(C(=O)NCCN3CCNC3=O)cc1)C2. The van der Waals surface area contributed by atoms with Gasteiger partial charge in [-0.2, -0.15) is 0 Å². The number of piperidine rings is 2. The third kappa shape index (κ3) is 14.4. The first kappa shape index (κ1) is 62.6. The number of hydrogen-bond donors (Lipinski definition) is 3. The van der Waals surface area contributed by atoms with Crippen LogP contribution in [0, 0.1) is 16.7 Å². The van der Waals surface area contributed by atoms with Crippen LogP contribution >= 0.6 is 0 Å². The van der Waals surface area contributed by atoms with E-state index >= 15 is 0 Å². The van der Waals surface area contributed by atoms with Gasteiger partial charge in [0.1, 0.15) is 11.5 Å². The summed E-state index contributed by atoms with van der Waals surface area (Å²) >= 11 is 0. The Kier molecular flexibility index (Phi) is 19.0. The molecule has 4 aromatic rings. The van der Waals surface area contributed by atoms with Crippen molar-refractivity contribution in [3.63, 3.8) is 0 Å². The van der Waals surface area contributed by atoms with Crippen molar-refractivity contribution in [3.05, 3.63) is 117 Å². The molecule has 5 saturated heterocycles. The summed E-state index contributed by atoms with van der Waals surface area (Å²) in [6.07, 6.45) is 8.18. The number of ether oxygens (including phenoxy) is 4. The van der Waals surface area contributed by atoms with Crippen LogP contribution in [-0.2, 0) is 36.9 Å². The minimum Gasteiger partial charge on any atom is -0.494 e. The lowest BCUT2D eigenvalue weighted by molar-refractivity contribution is -0.137. The maximum Gasteiger partial charge on any atom is 0.338 e. The number of urea groups is 1. The van der Waals surface area contributed by atoms with E-state index < -0.39 is 11.9 Å². The number of anilines is 2. The van der Waals surface area contributed by atoms with Crippen LogP contribution < -0.4 is 29.9 Å². The first-order chi connectivity index (χ1) is 42.9. The van der Waals surface area contributed by atoms with Crippen LogP contribution in [0.25, 0.3) is 0 Å². The Labute approximate surface area is 520 Å². The fourth-order valence-corrected chi connectivity index (χ4v) is 14.1. The summed E-state index contributed by atoms with van der Waals surface area (Å²) in [5, 5.41) is 14.6. The molecule has 474 valence electrons. The number of hydrogen-bond acceptors (Lipinski definition) is 14. The average Bonchev–Trinajstić information content (AvgIpc) is 2.01. The van der Waals surface area contributed by atoms with Gasteiger partial charge in [-0.3, -0.25) is 33.8 Å². The summed E-state index contributed by atoms with van der Waals surface area (Å²) < 4.78 is 23.6. The summed E-state index contributed by atoms with van der Waals surface area (Å²) in [6.45, 7) is 10.6. The normalized spacial score (nSPS) is 20.4. The zero-order chi connectivity index (χ0) is 62.6. The quantitative estimate of drug-likeness (QED) is 0.0536. The molecule has 5 aliphatic heterocycles. The average molecular weight is 1220 g/mol. The van der Waals surface area contributed by atoms with Gasteiger partial charge in [0.15, 0.2) is 0 Å². The number of methoxy groups -OCH3 is 2. The number of amides is 6. The predicted octanol–water partition coefficient (Wildman–Crippen LogP) is 7.84. The first-order valence-electron chi connectivity index (χ1n) is 31.7. The summed E-state index contributed by atoms with van der Waals surface area (Å²) in [4.78, 5) is 115. The van der Waals surface area contributed by atoms with Gasteiger partial charge in [0.05, 0.1) is 38.6 Å². The molecule has 0 aromatic heterocycles. The number of aliphatic carboxylic acids is 1. The molecule has 11 rings (SSSR count). The topological polar surface area (TPSA) is 237 Å². The fraction of sp³-hybridized carbons (Fsp3) is 0.529. The molecular weight excluding hydrogens is 1140 g/mol. The van der Waals surface area contributed by atoms with Gasteiger partial charge in [0, 0.05) is 119 Å². The van der Waals surface area contributed by atoms with Crippen LogP contribution in [0.4, 0.5) is 16.2 Å². The van der Waals surface area contributed by atoms with Gasteiger partial charge in [0.2, 0.25) is 11.8 Å². The Morgan fingerprint density at radius 3 is 1.76 bits per heavy atom. The first-order valence-corrected chi connectivity index (χ1v) is 31.7. The molecule has 21 heteroatoms. The van der Waals surface area contributed by atoms with E-state index in [1.165, 1.54) is 19.1 Å². The van der Waals surface area contributed by atoms with Crippen molar-refractivity contribution in [2.75, 3.05) is 116 Å². The highest BCUT2D eigenvalue weighted by molar-refractivity contribution is 6.00. The van der Waals surface area contributed by atoms with Gasteiger partial charge in [-0.1, -0.05) is 0 Å². The van der Waals surface area contributed by atoms with Crippen molar-refractivity contribution < 1.29 is 62.4 Å². The minimum atomic E-state index is -0.897. The van der Waals surface area contributed by atoms with Crippen LogP contribution in [0.2, 0.25) is 0 Å². The van der Waals surface area contributed by atoms with Crippen molar-refractivity contribution in [2.24, 2.45) is 16.7 Å². The third-order valence-corrected chi connectivity index (χ3v) is 19.6. The van der Waals surface area contributed by atoms with Crippen LogP contribution in [-0.4, -0.2) is 179 Å². The van der Waals surface area contributed by atoms with E-state index in [9.17, 15) is 38.4 Å². The highest BCUT2D eigenvalue weighted by Gasteiger charge is 2.48. The lowest BCUT2D eigenvalue weighted by Gasteiger charge is -2.39. The molecule has 2 unspecified atom stereocenters. The van der Waals surface area contributed by atoms with Gasteiger partial charge >= 0.3 is 23.9 Å². The Morgan fingerprint density at radius 1 is 0.708 bits per heavy atom. The van der Waals surface area contributed by atoms with Gasteiger partial charge in [-0.05, 0) is 203 Å². The van der Waals surface area contributed by atoms with Gasteiger partial charge < -0.3 is 54.3 Å². The molecule has 7 fully saturated rings. The van der Waals surface area contributed by atoms with E-state index in [2.05, 4.69) is 32.6 Å². The molecule has 2 aliphatic carbocycles. The summed E-state index contributed by atoms with van der Waals surface area (Å²) in [5.74, 6) is -0.0893. The number of carboxylic acids is 1. The van der Waals surface area contributed by atoms with E-state index in [4.69, 9.17) is 24.1 Å². The monoisotopic (exact) mass is 1220 g/mol. The molecule has 2 spiro atoms. The van der Waals surface area contributed by atoms with Crippen LogP contribution in [0.1, 0.15) is 159 Å². The molecule has 2 atom stereocenters. The zero-order valence-electron chi connectivity index (χ0n) is 51.8.